The summed E-state index contributed by atoms with van der Waals surface area (Å²) in [6.45, 7) is 2.57. The number of carboxylic acids is 1. The van der Waals surface area contributed by atoms with Gasteiger partial charge >= 0.3 is 5.97 Å². The summed E-state index contributed by atoms with van der Waals surface area (Å²) in [5, 5.41) is 8.58. The third kappa shape index (κ3) is 4.66. The third-order valence-electron chi connectivity index (χ3n) is 3.36. The molecule has 1 aromatic rings. The van der Waals surface area contributed by atoms with Crippen molar-refractivity contribution in [2.75, 3.05) is 6.67 Å². The minimum absolute atomic E-state index is 0.0474. The van der Waals surface area contributed by atoms with Crippen LogP contribution in [-0.2, 0) is 21.3 Å². The van der Waals surface area contributed by atoms with Gasteiger partial charge in [-0.2, -0.15) is 8.78 Å². The third-order valence-corrected chi connectivity index (χ3v) is 5.01. The maximum Gasteiger partial charge on any atom is 0.328 e. The Bertz CT molecular complexity index is 688. The SMILES string of the molecule is CC(C)(C)S(=O)N[C@](CF)(c1ccccc1F)C(F)(F)/C=C/C(=O)O. The minimum Gasteiger partial charge on any atom is -0.478 e. The minimum atomic E-state index is -4.19. The summed E-state index contributed by atoms with van der Waals surface area (Å²) in [5.74, 6) is -7.01. The van der Waals surface area contributed by atoms with Crippen molar-refractivity contribution in [1.29, 1.82) is 0 Å². The molecule has 4 nitrogen and oxygen atoms in total. The van der Waals surface area contributed by atoms with Crippen LogP contribution >= 0.6 is 0 Å². The Morgan fingerprint density at radius 3 is 2.28 bits per heavy atom. The summed E-state index contributed by atoms with van der Waals surface area (Å²) in [5.41, 5.74) is -3.79. The van der Waals surface area contributed by atoms with E-state index in [1.165, 1.54) is 32.9 Å². The van der Waals surface area contributed by atoms with E-state index in [4.69, 9.17) is 5.11 Å². The summed E-state index contributed by atoms with van der Waals surface area (Å²) in [4.78, 5) is 10.6. The first-order valence-electron chi connectivity index (χ1n) is 7.18. The standard InChI is InChI=1S/C16H19F4NO3S/c1-14(2,3)25(24)21-15(10-17,11-6-4-5-7-12(11)18)16(19,20)9-8-13(22)23/h4-9,21H,10H2,1-3H3,(H,22,23)/b9-8+/t15-,25?/m1/s1. The van der Waals surface area contributed by atoms with Gasteiger partial charge in [-0.1, -0.05) is 18.2 Å². The molecule has 1 rings (SSSR count). The molecule has 25 heavy (non-hydrogen) atoms. The van der Waals surface area contributed by atoms with Gasteiger partial charge in [-0.15, -0.1) is 0 Å². The second kappa shape index (κ2) is 7.65. The number of nitrogens with one attached hydrogen (secondary N) is 1. The van der Waals surface area contributed by atoms with Gasteiger partial charge in [0.2, 0.25) is 0 Å². The molecule has 0 aromatic heterocycles. The van der Waals surface area contributed by atoms with Crippen LogP contribution in [0.2, 0.25) is 0 Å². The molecule has 1 unspecified atom stereocenters. The molecular weight excluding hydrogens is 362 g/mol. The summed E-state index contributed by atoms with van der Waals surface area (Å²) in [7, 11) is -2.19. The van der Waals surface area contributed by atoms with Crippen molar-refractivity contribution < 1.29 is 31.7 Å². The van der Waals surface area contributed by atoms with Crippen molar-refractivity contribution in [3.05, 3.63) is 47.8 Å². The summed E-state index contributed by atoms with van der Waals surface area (Å²) in [6, 6.07) is 4.25. The Morgan fingerprint density at radius 1 is 1.28 bits per heavy atom. The summed E-state index contributed by atoms with van der Waals surface area (Å²) in [6.07, 6.45) is 0.0845. The van der Waals surface area contributed by atoms with Gasteiger partial charge < -0.3 is 5.11 Å². The molecule has 2 N–H and O–H groups in total. The number of halogens is 4. The molecule has 0 amide bonds. The van der Waals surface area contributed by atoms with Crippen LogP contribution in [0.3, 0.4) is 0 Å². The number of alkyl halides is 3. The van der Waals surface area contributed by atoms with Crippen LogP contribution in [0.15, 0.2) is 36.4 Å². The van der Waals surface area contributed by atoms with E-state index in [9.17, 15) is 26.6 Å². The van der Waals surface area contributed by atoms with Crippen molar-refractivity contribution in [2.45, 2.75) is 37.0 Å². The average Bonchev–Trinajstić information content (AvgIpc) is 2.50. The van der Waals surface area contributed by atoms with E-state index in [2.05, 4.69) is 0 Å². The van der Waals surface area contributed by atoms with Gasteiger partial charge in [-0.05, 0) is 32.9 Å². The Morgan fingerprint density at radius 2 is 1.84 bits per heavy atom. The van der Waals surface area contributed by atoms with Gasteiger partial charge in [-0.25, -0.2) is 22.5 Å². The van der Waals surface area contributed by atoms with E-state index in [1.807, 2.05) is 4.72 Å². The maximum atomic E-state index is 14.8. The highest BCUT2D eigenvalue weighted by Gasteiger charge is 2.56. The van der Waals surface area contributed by atoms with E-state index < -0.39 is 51.2 Å². The van der Waals surface area contributed by atoms with Gasteiger partial charge in [-0.3, -0.25) is 0 Å². The molecule has 140 valence electrons. The Kier molecular flexibility index (Phi) is 6.52. The van der Waals surface area contributed by atoms with Crippen molar-refractivity contribution in [2.24, 2.45) is 0 Å². The van der Waals surface area contributed by atoms with Gasteiger partial charge in [0.1, 0.15) is 12.5 Å². The van der Waals surface area contributed by atoms with E-state index in [0.717, 1.165) is 12.1 Å². The first kappa shape index (κ1) is 21.3. The molecular formula is C16H19F4NO3S. The van der Waals surface area contributed by atoms with Crippen LogP contribution in [0.1, 0.15) is 26.3 Å². The molecule has 0 bridgehead atoms. The monoisotopic (exact) mass is 381 g/mol. The zero-order valence-electron chi connectivity index (χ0n) is 13.9. The molecule has 1 aromatic carbocycles. The highest BCUT2D eigenvalue weighted by Crippen LogP contribution is 2.41. The zero-order chi connectivity index (χ0) is 19.5. The first-order valence-corrected chi connectivity index (χ1v) is 8.33. The van der Waals surface area contributed by atoms with Crippen LogP contribution < -0.4 is 4.72 Å². The fraction of sp³-hybridized carbons (Fsp3) is 0.438. The molecule has 0 radical (unpaired) electrons. The van der Waals surface area contributed by atoms with Gasteiger partial charge in [0.05, 0.1) is 15.7 Å². The topological polar surface area (TPSA) is 66.4 Å². The molecule has 0 spiro atoms. The zero-order valence-corrected chi connectivity index (χ0v) is 14.7. The van der Waals surface area contributed by atoms with Crippen LogP contribution in [0, 0.1) is 5.82 Å². The highest BCUT2D eigenvalue weighted by atomic mass is 32.2. The molecule has 9 heteroatoms. The molecule has 2 atom stereocenters. The normalized spacial score (nSPS) is 16.6. The van der Waals surface area contributed by atoms with Crippen molar-refractivity contribution in [3.63, 3.8) is 0 Å². The fourth-order valence-electron chi connectivity index (χ4n) is 1.93. The average molecular weight is 381 g/mol. The predicted molar refractivity (Wildman–Crippen MR) is 86.8 cm³/mol. The Balaban J connectivity index is 3.62. The Labute approximate surface area is 145 Å². The quantitative estimate of drug-likeness (QED) is 0.563. The Hall–Kier alpha value is -1.74. The van der Waals surface area contributed by atoms with Crippen LogP contribution in [0.25, 0.3) is 0 Å². The van der Waals surface area contributed by atoms with Gasteiger partial charge in [0, 0.05) is 11.6 Å². The number of hydrogen-bond donors (Lipinski definition) is 2. The van der Waals surface area contributed by atoms with Crippen molar-refractivity contribution in [1.82, 2.24) is 4.72 Å². The van der Waals surface area contributed by atoms with E-state index in [1.54, 1.807) is 0 Å². The molecule has 0 saturated carbocycles. The maximum absolute atomic E-state index is 14.8. The van der Waals surface area contributed by atoms with E-state index in [-0.39, 0.29) is 12.2 Å². The fourth-order valence-corrected chi connectivity index (χ4v) is 2.85. The number of carboxylic acid groups (broad SMARTS) is 1. The lowest BCUT2D eigenvalue weighted by Gasteiger charge is -2.39. The molecule has 0 heterocycles. The van der Waals surface area contributed by atoms with Crippen LogP contribution in [0.5, 0.6) is 0 Å². The number of aliphatic carboxylic acids is 1. The lowest BCUT2D eigenvalue weighted by molar-refractivity contribution is -0.131. The van der Waals surface area contributed by atoms with E-state index in [0.29, 0.717) is 0 Å². The van der Waals surface area contributed by atoms with Crippen molar-refractivity contribution in [3.8, 4) is 0 Å². The second-order valence-electron chi connectivity index (χ2n) is 6.30. The summed E-state index contributed by atoms with van der Waals surface area (Å²) >= 11 is 0. The largest absolute Gasteiger partial charge is 0.478 e. The number of hydrogen-bond acceptors (Lipinski definition) is 2. The summed E-state index contributed by atoms with van der Waals surface area (Å²) < 4.78 is 70.9. The van der Waals surface area contributed by atoms with Gasteiger partial charge in [0.15, 0.2) is 5.54 Å². The number of carbonyl (C=O) groups is 1. The lowest BCUT2D eigenvalue weighted by atomic mass is 9.85. The van der Waals surface area contributed by atoms with E-state index >= 15 is 0 Å². The number of rotatable bonds is 7. The lowest BCUT2D eigenvalue weighted by Crippen LogP contribution is -2.59. The second-order valence-corrected chi connectivity index (χ2v) is 8.26. The first-order chi connectivity index (χ1) is 11.4. The molecule has 0 aliphatic heterocycles. The molecule has 0 aliphatic carbocycles. The smallest absolute Gasteiger partial charge is 0.328 e. The van der Waals surface area contributed by atoms with Crippen LogP contribution in [0.4, 0.5) is 17.6 Å². The molecule has 0 aliphatic rings. The van der Waals surface area contributed by atoms with Crippen LogP contribution in [-0.4, -0.2) is 32.6 Å². The highest BCUT2D eigenvalue weighted by molar-refractivity contribution is 7.84. The van der Waals surface area contributed by atoms with Gasteiger partial charge in [0.25, 0.3) is 5.92 Å². The molecule has 0 saturated heterocycles. The number of benzene rings is 1. The van der Waals surface area contributed by atoms with Crippen molar-refractivity contribution >= 4 is 17.0 Å². The molecule has 0 fully saturated rings. The predicted octanol–water partition coefficient (Wildman–Crippen LogP) is 3.32.